The first kappa shape index (κ1) is 23.7. The van der Waals surface area contributed by atoms with E-state index in [1.165, 1.54) is 0 Å². The van der Waals surface area contributed by atoms with E-state index < -0.39 is 0 Å². The molecule has 3 aromatic rings. The minimum absolute atomic E-state index is 0.0250. The number of methoxy groups -OCH3 is 1. The van der Waals surface area contributed by atoms with Crippen molar-refractivity contribution < 1.29 is 14.4 Å². The van der Waals surface area contributed by atoms with Crippen molar-refractivity contribution in [1.29, 1.82) is 0 Å². The number of hydrogen-bond donors (Lipinski definition) is 1. The van der Waals surface area contributed by atoms with Gasteiger partial charge in [0.15, 0.2) is 5.84 Å². The van der Waals surface area contributed by atoms with Crippen LogP contribution >= 0.6 is 0 Å². The van der Waals surface area contributed by atoms with Gasteiger partial charge in [0.05, 0.1) is 30.9 Å². The van der Waals surface area contributed by atoms with Crippen LogP contribution in [0.5, 0.6) is 5.75 Å². The van der Waals surface area contributed by atoms with Crippen LogP contribution < -0.4 is 10.1 Å². The van der Waals surface area contributed by atoms with Gasteiger partial charge in [-0.2, -0.15) is 0 Å². The zero-order valence-corrected chi connectivity index (χ0v) is 20.9. The number of nitrogens with zero attached hydrogens (tertiary/aromatic N) is 4. The summed E-state index contributed by atoms with van der Waals surface area (Å²) in [7, 11) is 1.68. The summed E-state index contributed by atoms with van der Waals surface area (Å²) in [6.07, 6.45) is 7.83. The molecular weight excluding hydrogens is 454 g/mol. The quantitative estimate of drug-likeness (QED) is 0.568. The van der Waals surface area contributed by atoms with Crippen molar-refractivity contribution in [3.63, 3.8) is 0 Å². The number of fused-ring (bicyclic) bond motifs is 1. The Kier molecular flexibility index (Phi) is 6.75. The van der Waals surface area contributed by atoms with Crippen molar-refractivity contribution in [2.45, 2.75) is 32.7 Å². The molecule has 1 amide bonds. The highest BCUT2D eigenvalue weighted by Crippen LogP contribution is 2.29. The average molecular weight is 486 g/mol. The largest absolute Gasteiger partial charge is 0.495 e. The molecule has 0 radical (unpaired) electrons. The number of aromatic nitrogens is 2. The summed E-state index contributed by atoms with van der Waals surface area (Å²) < 4.78 is 7.64. The number of nitrogens with one attached hydrogen (secondary N) is 1. The lowest BCUT2D eigenvalue weighted by atomic mass is 9.98. The molecule has 0 aliphatic carbocycles. The van der Waals surface area contributed by atoms with Gasteiger partial charge in [0.1, 0.15) is 12.4 Å². The highest BCUT2D eigenvalue weighted by Gasteiger charge is 2.32. The fourth-order valence-corrected chi connectivity index (χ4v) is 4.66. The maximum atomic E-state index is 12.6. The van der Waals surface area contributed by atoms with Crippen molar-refractivity contribution in [3.05, 3.63) is 82.9 Å². The third-order valence-electron chi connectivity index (χ3n) is 6.61. The Morgan fingerprint density at radius 3 is 2.81 bits per heavy atom. The molecule has 2 aliphatic heterocycles. The van der Waals surface area contributed by atoms with E-state index in [4.69, 9.17) is 9.57 Å². The van der Waals surface area contributed by atoms with Crippen molar-refractivity contribution in [2.24, 2.45) is 5.16 Å². The van der Waals surface area contributed by atoms with Crippen LogP contribution in [0.3, 0.4) is 0 Å². The molecule has 186 valence electrons. The van der Waals surface area contributed by atoms with Crippen LogP contribution in [0.1, 0.15) is 40.0 Å². The zero-order valence-electron chi connectivity index (χ0n) is 20.9. The Labute approximate surface area is 211 Å². The van der Waals surface area contributed by atoms with Crippen LogP contribution in [0, 0.1) is 13.8 Å². The molecule has 3 heterocycles. The second-order valence-electron chi connectivity index (χ2n) is 9.26. The fraction of sp³-hybridized carbons (Fsp3) is 0.321. The lowest BCUT2D eigenvalue weighted by Gasteiger charge is -2.40. The third-order valence-corrected chi connectivity index (χ3v) is 6.61. The molecule has 8 heteroatoms. The van der Waals surface area contributed by atoms with E-state index in [9.17, 15) is 4.79 Å². The molecule has 0 saturated carbocycles. The van der Waals surface area contributed by atoms with E-state index in [1.807, 2.05) is 61.0 Å². The molecular formula is C28H31N5O3. The number of amidine groups is 1. The number of ether oxygens (including phenoxy) is 1. The Hall–Kier alpha value is -4.07. The van der Waals surface area contributed by atoms with E-state index in [-0.39, 0.29) is 11.9 Å². The zero-order chi connectivity index (χ0) is 25.1. The Morgan fingerprint density at radius 2 is 2.06 bits per heavy atom. The minimum Gasteiger partial charge on any atom is -0.495 e. The summed E-state index contributed by atoms with van der Waals surface area (Å²) >= 11 is 0. The predicted octanol–water partition coefficient (Wildman–Crippen LogP) is 4.12. The number of piperidine rings is 1. The van der Waals surface area contributed by atoms with Crippen LogP contribution in [-0.2, 0) is 4.84 Å². The van der Waals surface area contributed by atoms with Gasteiger partial charge in [-0.3, -0.25) is 4.79 Å². The number of aryl methyl sites for hydroxylation is 2. The van der Waals surface area contributed by atoms with Crippen LogP contribution in [0.4, 0.5) is 0 Å². The molecule has 2 aromatic carbocycles. The maximum absolute atomic E-state index is 12.6. The molecule has 2 aliphatic rings. The first-order valence-electron chi connectivity index (χ1n) is 12.2. The number of hydrogen-bond acceptors (Lipinski definition) is 6. The van der Waals surface area contributed by atoms with E-state index in [2.05, 4.69) is 32.5 Å². The number of oxime groups is 1. The number of carbonyl (C=O) groups is 1. The van der Waals surface area contributed by atoms with E-state index in [0.29, 0.717) is 18.7 Å². The SMILES string of the molecule is COc1cc(/C=C2\CCCN3C2=NOC[C@@H]3CNC(=O)c2ccc(C)cc2)ccc1-n1cnc(C)c1. The first-order chi connectivity index (χ1) is 17.5. The predicted molar refractivity (Wildman–Crippen MR) is 139 cm³/mol. The van der Waals surface area contributed by atoms with E-state index >= 15 is 0 Å². The van der Waals surface area contributed by atoms with E-state index in [0.717, 1.165) is 59.1 Å². The molecule has 1 saturated heterocycles. The van der Waals surface area contributed by atoms with Gasteiger partial charge in [-0.05, 0) is 68.2 Å². The lowest BCUT2D eigenvalue weighted by molar-refractivity contribution is 0.0562. The number of amides is 1. The molecule has 0 unspecified atom stereocenters. The van der Waals surface area contributed by atoms with Gasteiger partial charge in [-0.1, -0.05) is 28.9 Å². The lowest BCUT2D eigenvalue weighted by Crippen LogP contribution is -2.53. The molecule has 0 bridgehead atoms. The number of benzene rings is 2. The van der Waals surface area contributed by atoms with Gasteiger partial charge in [-0.15, -0.1) is 0 Å². The van der Waals surface area contributed by atoms with Gasteiger partial charge >= 0.3 is 0 Å². The van der Waals surface area contributed by atoms with Crippen LogP contribution in [0.25, 0.3) is 11.8 Å². The molecule has 8 nitrogen and oxygen atoms in total. The van der Waals surface area contributed by atoms with Gasteiger partial charge in [-0.25, -0.2) is 4.98 Å². The molecule has 1 fully saturated rings. The van der Waals surface area contributed by atoms with Gasteiger partial charge in [0.2, 0.25) is 0 Å². The second-order valence-corrected chi connectivity index (χ2v) is 9.26. The van der Waals surface area contributed by atoms with Crippen molar-refractivity contribution in [2.75, 3.05) is 26.8 Å². The Morgan fingerprint density at radius 1 is 1.22 bits per heavy atom. The van der Waals surface area contributed by atoms with Gasteiger partial charge in [0, 0.05) is 24.8 Å². The molecule has 0 spiro atoms. The Balaban J connectivity index is 1.31. The second kappa shape index (κ2) is 10.3. The molecule has 1 N–H and O–H groups in total. The fourth-order valence-electron chi connectivity index (χ4n) is 4.66. The molecule has 1 atom stereocenters. The summed E-state index contributed by atoms with van der Waals surface area (Å²) in [6.45, 7) is 5.79. The van der Waals surface area contributed by atoms with Crippen molar-refractivity contribution >= 4 is 17.8 Å². The monoisotopic (exact) mass is 485 g/mol. The number of carbonyl (C=O) groups excluding carboxylic acids is 1. The third kappa shape index (κ3) is 4.98. The maximum Gasteiger partial charge on any atom is 0.251 e. The topological polar surface area (TPSA) is 81.0 Å². The summed E-state index contributed by atoms with van der Waals surface area (Å²) in [5.74, 6) is 1.54. The van der Waals surface area contributed by atoms with Crippen molar-refractivity contribution in [3.8, 4) is 11.4 Å². The summed E-state index contributed by atoms with van der Waals surface area (Å²) in [6, 6.07) is 13.8. The molecule has 5 rings (SSSR count). The van der Waals surface area contributed by atoms with Crippen LogP contribution in [0.2, 0.25) is 0 Å². The minimum atomic E-state index is -0.0768. The molecule has 36 heavy (non-hydrogen) atoms. The van der Waals surface area contributed by atoms with Crippen LogP contribution in [0.15, 0.2) is 65.7 Å². The normalized spacial score (nSPS) is 18.3. The summed E-state index contributed by atoms with van der Waals surface area (Å²) in [4.78, 5) is 24.8. The smallest absolute Gasteiger partial charge is 0.251 e. The van der Waals surface area contributed by atoms with Crippen LogP contribution in [-0.4, -0.2) is 59.0 Å². The standard InChI is InChI=1S/C28H31N5O3/c1-19-6-9-22(10-7-19)28(34)29-15-24-17-36-31-27-23(5-4-12-33(24)27)13-21-8-11-25(26(14-21)35-3)32-16-20(2)30-18-32/h6-11,13-14,16,18,24H,4-5,12,15,17H2,1-3H3,(H,29,34)/b23-13+/t24-/m0/s1. The van der Waals surface area contributed by atoms with E-state index in [1.54, 1.807) is 13.4 Å². The number of rotatable bonds is 6. The Bertz CT molecular complexity index is 1310. The number of imidazole rings is 1. The van der Waals surface area contributed by atoms with Gasteiger partial charge < -0.3 is 24.4 Å². The van der Waals surface area contributed by atoms with Crippen molar-refractivity contribution in [1.82, 2.24) is 19.8 Å². The highest BCUT2D eigenvalue weighted by atomic mass is 16.6. The summed E-state index contributed by atoms with van der Waals surface area (Å²) in [5, 5.41) is 7.47. The first-order valence-corrected chi connectivity index (χ1v) is 12.2. The summed E-state index contributed by atoms with van der Waals surface area (Å²) in [5.41, 5.74) is 5.82. The average Bonchev–Trinajstić information content (AvgIpc) is 3.33. The molecule has 1 aromatic heterocycles. The highest BCUT2D eigenvalue weighted by molar-refractivity contribution is 6.03. The van der Waals surface area contributed by atoms with Gasteiger partial charge in [0.25, 0.3) is 5.91 Å².